The zero-order valence-electron chi connectivity index (χ0n) is 4.32. The van der Waals surface area contributed by atoms with Crippen LogP contribution in [-0.4, -0.2) is 10.2 Å². The van der Waals surface area contributed by atoms with Crippen LogP contribution in [-0.2, 0) is 4.79 Å². The maximum absolute atomic E-state index is 10.1. The number of nitrogens with one attached hydrogen (secondary N) is 1. The fourth-order valence-electron chi connectivity index (χ4n) is 0.216. The summed E-state index contributed by atoms with van der Waals surface area (Å²) in [4.78, 5) is 10.1. The molecule has 0 bridgehead atoms. The molecule has 2 nitrogen and oxygen atoms in total. The molecule has 0 aromatic rings. The molecule has 0 aromatic carbocycles. The summed E-state index contributed by atoms with van der Waals surface area (Å²) in [6.07, 6.45) is 0. The average molecular weight is 117 g/mol. The van der Waals surface area contributed by atoms with Gasteiger partial charge in [0.2, 0.25) is 0 Å². The molecule has 0 aliphatic heterocycles. The quantitative estimate of drug-likeness (QED) is 0.383. The Morgan fingerprint density at radius 3 is 2.00 bits per heavy atom. The first-order chi connectivity index (χ1) is 3.13. The normalized spacial score (nSPS) is 8.29. The van der Waals surface area contributed by atoms with E-state index < -0.39 is 0 Å². The highest BCUT2D eigenvalue weighted by Gasteiger charge is 1.91. The summed E-state index contributed by atoms with van der Waals surface area (Å²) in [6.45, 7) is 3.04. The molecule has 0 saturated carbocycles. The van der Waals surface area contributed by atoms with Gasteiger partial charge >= 0.3 is 0 Å². The van der Waals surface area contributed by atoms with Crippen molar-refractivity contribution in [3.63, 3.8) is 0 Å². The van der Waals surface area contributed by atoms with Crippen molar-refractivity contribution >= 4 is 21.9 Å². The second-order valence-electron chi connectivity index (χ2n) is 1.15. The Bertz CT molecular complexity index is 87.9. The third-order valence-corrected chi connectivity index (χ3v) is 0.890. The van der Waals surface area contributed by atoms with Gasteiger partial charge in [0.15, 0.2) is 5.12 Å². The minimum atomic E-state index is -0.0208. The number of rotatable bonds is 0. The summed E-state index contributed by atoms with van der Waals surface area (Å²) in [5, 5.41) is 7.10. The molecular formula is C4H7NOS. The van der Waals surface area contributed by atoms with E-state index in [1.807, 2.05) is 0 Å². The standard InChI is InChI=1S/C4H7NOS/c1-3(5)7-4(2)6/h5H,1-2H3. The minimum Gasteiger partial charge on any atom is -0.298 e. The molecule has 0 heterocycles. The van der Waals surface area contributed by atoms with Crippen molar-refractivity contribution in [1.29, 1.82) is 5.41 Å². The van der Waals surface area contributed by atoms with E-state index in [-0.39, 0.29) is 5.12 Å². The molecule has 1 N–H and O–H groups in total. The van der Waals surface area contributed by atoms with Gasteiger partial charge in [0.05, 0.1) is 5.04 Å². The minimum absolute atomic E-state index is 0.0208. The van der Waals surface area contributed by atoms with E-state index >= 15 is 0 Å². The van der Waals surface area contributed by atoms with Crippen molar-refractivity contribution in [3.8, 4) is 0 Å². The Morgan fingerprint density at radius 2 is 2.00 bits per heavy atom. The molecular weight excluding hydrogens is 110 g/mol. The second-order valence-corrected chi connectivity index (χ2v) is 2.54. The van der Waals surface area contributed by atoms with E-state index in [4.69, 9.17) is 5.41 Å². The molecule has 0 rings (SSSR count). The molecule has 0 amide bonds. The molecule has 0 radical (unpaired) electrons. The SMILES string of the molecule is CC(=N)SC(C)=O. The van der Waals surface area contributed by atoms with Crippen LogP contribution in [0.1, 0.15) is 13.8 Å². The van der Waals surface area contributed by atoms with Crippen LogP contribution in [0.2, 0.25) is 0 Å². The number of carbonyl (C=O) groups is 1. The summed E-state index contributed by atoms with van der Waals surface area (Å²) < 4.78 is 0. The van der Waals surface area contributed by atoms with Crippen molar-refractivity contribution in [3.05, 3.63) is 0 Å². The first kappa shape index (κ1) is 6.69. The molecule has 0 fully saturated rings. The predicted octanol–water partition coefficient (Wildman–Crippen LogP) is 1.26. The maximum Gasteiger partial charge on any atom is 0.191 e. The molecule has 0 unspecified atom stereocenters. The summed E-state index contributed by atoms with van der Waals surface area (Å²) >= 11 is 0.954. The third kappa shape index (κ3) is 5.69. The third-order valence-electron chi connectivity index (χ3n) is 0.297. The Balaban J connectivity index is 3.32. The van der Waals surface area contributed by atoms with Crippen LogP contribution >= 0.6 is 11.8 Å². The van der Waals surface area contributed by atoms with E-state index in [0.29, 0.717) is 5.04 Å². The van der Waals surface area contributed by atoms with Crippen molar-refractivity contribution in [2.75, 3.05) is 0 Å². The molecule has 7 heavy (non-hydrogen) atoms. The molecule has 0 aliphatic rings. The lowest BCUT2D eigenvalue weighted by molar-refractivity contribution is -0.109. The van der Waals surface area contributed by atoms with Crippen molar-refractivity contribution in [2.24, 2.45) is 0 Å². The van der Waals surface area contributed by atoms with Crippen molar-refractivity contribution < 1.29 is 4.79 Å². The summed E-state index contributed by atoms with van der Waals surface area (Å²) in [5.41, 5.74) is 0. The topological polar surface area (TPSA) is 40.9 Å². The molecule has 40 valence electrons. The Kier molecular flexibility index (Phi) is 2.67. The van der Waals surface area contributed by atoms with Crippen LogP contribution in [0.3, 0.4) is 0 Å². The molecule has 0 spiro atoms. The smallest absolute Gasteiger partial charge is 0.191 e. The first-order valence-electron chi connectivity index (χ1n) is 1.86. The highest BCUT2D eigenvalue weighted by atomic mass is 32.2. The fourth-order valence-corrected chi connectivity index (χ4v) is 0.647. The summed E-state index contributed by atoms with van der Waals surface area (Å²) in [5.74, 6) is 0. The zero-order valence-corrected chi connectivity index (χ0v) is 5.13. The van der Waals surface area contributed by atoms with Crippen LogP contribution in [0.4, 0.5) is 0 Å². The number of carbonyl (C=O) groups excluding carboxylic acids is 1. The highest BCUT2D eigenvalue weighted by Crippen LogP contribution is 2.00. The molecule has 0 aliphatic carbocycles. The van der Waals surface area contributed by atoms with Gasteiger partial charge in [-0.2, -0.15) is 0 Å². The van der Waals surface area contributed by atoms with Gasteiger partial charge in [0, 0.05) is 6.92 Å². The van der Waals surface area contributed by atoms with Crippen LogP contribution in [0.5, 0.6) is 0 Å². The fraction of sp³-hybridized carbons (Fsp3) is 0.500. The van der Waals surface area contributed by atoms with Crippen molar-refractivity contribution in [1.82, 2.24) is 0 Å². The predicted molar refractivity (Wildman–Crippen MR) is 31.7 cm³/mol. The average Bonchev–Trinajstić information content (AvgIpc) is 1.27. The van der Waals surface area contributed by atoms with Crippen LogP contribution in [0, 0.1) is 5.41 Å². The van der Waals surface area contributed by atoms with E-state index in [1.54, 1.807) is 6.92 Å². The Labute approximate surface area is 46.8 Å². The van der Waals surface area contributed by atoms with Crippen LogP contribution in [0.25, 0.3) is 0 Å². The zero-order chi connectivity index (χ0) is 5.86. The Hall–Kier alpha value is -0.310. The molecule has 0 atom stereocenters. The monoisotopic (exact) mass is 117 g/mol. The summed E-state index contributed by atoms with van der Waals surface area (Å²) in [6, 6.07) is 0. The summed E-state index contributed by atoms with van der Waals surface area (Å²) in [7, 11) is 0. The van der Waals surface area contributed by atoms with Gasteiger partial charge in [-0.25, -0.2) is 0 Å². The van der Waals surface area contributed by atoms with Gasteiger partial charge in [-0.15, -0.1) is 0 Å². The van der Waals surface area contributed by atoms with Gasteiger partial charge in [0.25, 0.3) is 0 Å². The molecule has 0 aromatic heterocycles. The van der Waals surface area contributed by atoms with Gasteiger partial charge in [-0.05, 0) is 18.7 Å². The van der Waals surface area contributed by atoms with E-state index in [1.165, 1.54) is 6.92 Å². The Morgan fingerprint density at radius 1 is 1.57 bits per heavy atom. The lowest BCUT2D eigenvalue weighted by Crippen LogP contribution is -1.85. The van der Waals surface area contributed by atoms with Crippen LogP contribution in [0.15, 0.2) is 0 Å². The van der Waals surface area contributed by atoms with Gasteiger partial charge in [-0.3, -0.25) is 10.2 Å². The van der Waals surface area contributed by atoms with Gasteiger partial charge in [-0.1, -0.05) is 0 Å². The van der Waals surface area contributed by atoms with Crippen molar-refractivity contribution in [2.45, 2.75) is 13.8 Å². The number of hydrogen-bond donors (Lipinski definition) is 1. The van der Waals surface area contributed by atoms with E-state index in [9.17, 15) is 4.79 Å². The highest BCUT2D eigenvalue weighted by molar-refractivity contribution is 8.26. The van der Waals surface area contributed by atoms with Gasteiger partial charge in [0.1, 0.15) is 0 Å². The molecule has 0 saturated heterocycles. The largest absolute Gasteiger partial charge is 0.298 e. The molecule has 3 heteroatoms. The maximum atomic E-state index is 10.1. The van der Waals surface area contributed by atoms with E-state index in [0.717, 1.165) is 11.8 Å². The number of thioether (sulfide) groups is 1. The van der Waals surface area contributed by atoms with Gasteiger partial charge < -0.3 is 0 Å². The lowest BCUT2D eigenvalue weighted by Gasteiger charge is -1.84. The van der Waals surface area contributed by atoms with E-state index in [2.05, 4.69) is 0 Å². The first-order valence-corrected chi connectivity index (χ1v) is 2.68. The second kappa shape index (κ2) is 2.80. The van der Waals surface area contributed by atoms with Crippen LogP contribution < -0.4 is 0 Å². The lowest BCUT2D eigenvalue weighted by atomic mass is 10.9. The number of hydrogen-bond acceptors (Lipinski definition) is 3.